The van der Waals surface area contributed by atoms with Crippen molar-refractivity contribution >= 4 is 0 Å². The van der Waals surface area contributed by atoms with Gasteiger partial charge in [-0.25, -0.2) is 0 Å². The molecule has 0 radical (unpaired) electrons. The van der Waals surface area contributed by atoms with Crippen LogP contribution in [0.5, 0.6) is 0 Å². The van der Waals surface area contributed by atoms with E-state index in [1.54, 1.807) is 0 Å². The first kappa shape index (κ1) is 11.0. The first-order valence-electron chi connectivity index (χ1n) is 6.66. The molecule has 84 valence electrons. The van der Waals surface area contributed by atoms with Crippen LogP contribution in [0.25, 0.3) is 0 Å². The van der Waals surface area contributed by atoms with E-state index in [0.717, 1.165) is 12.5 Å². The minimum atomic E-state index is 0.600. The van der Waals surface area contributed by atoms with Gasteiger partial charge >= 0.3 is 0 Å². The number of hydrogen-bond donors (Lipinski definition) is 0. The summed E-state index contributed by atoms with van der Waals surface area (Å²) in [6.07, 6.45) is 10.6. The van der Waals surface area contributed by atoms with Crippen molar-refractivity contribution in [3.8, 4) is 11.8 Å². The molecule has 2 aliphatic heterocycles. The summed E-state index contributed by atoms with van der Waals surface area (Å²) >= 11 is 0. The molecule has 0 amide bonds. The van der Waals surface area contributed by atoms with E-state index in [4.69, 9.17) is 0 Å². The Morgan fingerprint density at radius 1 is 1.20 bits per heavy atom. The molecule has 0 aromatic carbocycles. The monoisotopic (exact) mass is 205 g/mol. The Morgan fingerprint density at radius 3 is 2.93 bits per heavy atom. The highest BCUT2D eigenvalue weighted by molar-refractivity contribution is 5.11. The van der Waals surface area contributed by atoms with E-state index in [0.29, 0.717) is 6.04 Å². The summed E-state index contributed by atoms with van der Waals surface area (Å²) in [6, 6.07) is 1.48. The van der Waals surface area contributed by atoms with Crippen LogP contribution in [0, 0.1) is 11.8 Å². The van der Waals surface area contributed by atoms with Crippen molar-refractivity contribution in [3.63, 3.8) is 0 Å². The zero-order valence-corrected chi connectivity index (χ0v) is 9.97. The minimum absolute atomic E-state index is 0.600. The normalized spacial score (nSPS) is 30.7. The van der Waals surface area contributed by atoms with Gasteiger partial charge in [0.15, 0.2) is 0 Å². The van der Waals surface area contributed by atoms with Gasteiger partial charge in [-0.3, -0.25) is 4.90 Å². The molecule has 2 saturated heterocycles. The second-order valence-corrected chi connectivity index (χ2v) is 4.91. The van der Waals surface area contributed by atoms with Gasteiger partial charge in [-0.15, -0.1) is 5.92 Å². The van der Waals surface area contributed by atoms with Crippen LogP contribution >= 0.6 is 0 Å². The summed E-state index contributed by atoms with van der Waals surface area (Å²) in [4.78, 5) is 2.67. The second-order valence-electron chi connectivity index (χ2n) is 4.91. The number of hydrogen-bond acceptors (Lipinski definition) is 1. The van der Waals surface area contributed by atoms with Gasteiger partial charge in [0.05, 0.1) is 6.04 Å². The summed E-state index contributed by atoms with van der Waals surface area (Å²) in [5.74, 6) is 6.88. The van der Waals surface area contributed by atoms with Crippen LogP contribution < -0.4 is 0 Å². The van der Waals surface area contributed by atoms with Gasteiger partial charge < -0.3 is 0 Å². The minimum Gasteiger partial charge on any atom is -0.287 e. The third-order valence-corrected chi connectivity index (χ3v) is 3.76. The van der Waals surface area contributed by atoms with Crippen molar-refractivity contribution in [2.45, 2.75) is 70.4 Å². The lowest BCUT2D eigenvalue weighted by Crippen LogP contribution is -2.41. The molecular weight excluding hydrogens is 182 g/mol. The van der Waals surface area contributed by atoms with Crippen LogP contribution in [0.1, 0.15) is 58.3 Å². The maximum atomic E-state index is 3.50. The molecule has 0 bridgehead atoms. The smallest absolute Gasteiger partial charge is 0.0716 e. The molecule has 0 unspecified atom stereocenters. The summed E-state index contributed by atoms with van der Waals surface area (Å²) in [5, 5.41) is 0. The quantitative estimate of drug-likeness (QED) is 0.494. The molecule has 0 spiro atoms. The van der Waals surface area contributed by atoms with E-state index < -0.39 is 0 Å². The van der Waals surface area contributed by atoms with E-state index >= 15 is 0 Å². The molecule has 15 heavy (non-hydrogen) atoms. The van der Waals surface area contributed by atoms with E-state index in [1.807, 2.05) is 0 Å². The van der Waals surface area contributed by atoms with Gasteiger partial charge in [0.2, 0.25) is 0 Å². The van der Waals surface area contributed by atoms with E-state index in [2.05, 4.69) is 23.7 Å². The number of nitrogens with zero attached hydrogens (tertiary/aromatic N) is 1. The van der Waals surface area contributed by atoms with Crippen LogP contribution in [0.3, 0.4) is 0 Å². The van der Waals surface area contributed by atoms with Crippen LogP contribution in [-0.2, 0) is 0 Å². The summed E-state index contributed by atoms with van der Waals surface area (Å²) in [5.41, 5.74) is 0. The SMILES string of the molecule is CCCCC#C[C@H]1CCC[C@H]2CCCN21. The van der Waals surface area contributed by atoms with Crippen molar-refractivity contribution < 1.29 is 0 Å². The third kappa shape index (κ3) is 2.75. The van der Waals surface area contributed by atoms with E-state index in [1.165, 1.54) is 51.5 Å². The average molecular weight is 205 g/mol. The van der Waals surface area contributed by atoms with Crippen LogP contribution in [-0.4, -0.2) is 23.5 Å². The zero-order chi connectivity index (χ0) is 10.5. The van der Waals surface area contributed by atoms with E-state index in [-0.39, 0.29) is 0 Å². The van der Waals surface area contributed by atoms with Gasteiger partial charge in [0, 0.05) is 12.5 Å². The lowest BCUT2D eigenvalue weighted by atomic mass is 9.97. The highest BCUT2D eigenvalue weighted by Crippen LogP contribution is 2.30. The van der Waals surface area contributed by atoms with Crippen molar-refractivity contribution in [1.29, 1.82) is 0 Å². The molecule has 0 N–H and O–H groups in total. The summed E-state index contributed by atoms with van der Waals surface area (Å²) in [6.45, 7) is 3.54. The number of rotatable bonds is 2. The van der Waals surface area contributed by atoms with E-state index in [9.17, 15) is 0 Å². The van der Waals surface area contributed by atoms with Gasteiger partial charge in [-0.05, 0) is 45.1 Å². The number of piperidine rings is 1. The Bertz CT molecular complexity index is 248. The van der Waals surface area contributed by atoms with Crippen molar-refractivity contribution in [1.82, 2.24) is 4.90 Å². The summed E-state index contributed by atoms with van der Waals surface area (Å²) in [7, 11) is 0. The Balaban J connectivity index is 1.86. The zero-order valence-electron chi connectivity index (χ0n) is 9.97. The lowest BCUT2D eigenvalue weighted by molar-refractivity contribution is 0.158. The molecule has 2 rings (SSSR count). The van der Waals surface area contributed by atoms with Gasteiger partial charge in [0.25, 0.3) is 0 Å². The highest BCUT2D eigenvalue weighted by atomic mass is 15.2. The molecule has 2 aliphatic rings. The Kier molecular flexibility index (Phi) is 4.09. The maximum Gasteiger partial charge on any atom is 0.0716 e. The van der Waals surface area contributed by atoms with Gasteiger partial charge in [0.1, 0.15) is 0 Å². The van der Waals surface area contributed by atoms with Gasteiger partial charge in [-0.2, -0.15) is 0 Å². The Hall–Kier alpha value is -0.480. The predicted molar refractivity (Wildman–Crippen MR) is 64.7 cm³/mol. The molecule has 1 heteroatoms. The fraction of sp³-hybridized carbons (Fsp3) is 0.857. The fourth-order valence-corrected chi connectivity index (χ4v) is 2.90. The molecule has 2 heterocycles. The molecule has 0 aliphatic carbocycles. The van der Waals surface area contributed by atoms with Crippen LogP contribution in [0.4, 0.5) is 0 Å². The molecule has 0 aromatic heterocycles. The number of fused-ring (bicyclic) bond motifs is 1. The third-order valence-electron chi connectivity index (χ3n) is 3.76. The second kappa shape index (κ2) is 5.56. The van der Waals surface area contributed by atoms with Crippen LogP contribution in [0.2, 0.25) is 0 Å². The molecular formula is C14H23N. The highest BCUT2D eigenvalue weighted by Gasteiger charge is 2.32. The molecule has 0 aromatic rings. The van der Waals surface area contributed by atoms with Crippen LogP contribution in [0.15, 0.2) is 0 Å². The topological polar surface area (TPSA) is 3.24 Å². The first-order chi connectivity index (χ1) is 7.42. The van der Waals surface area contributed by atoms with Crippen molar-refractivity contribution in [3.05, 3.63) is 0 Å². The maximum absolute atomic E-state index is 3.50. The molecule has 1 nitrogen and oxygen atoms in total. The van der Waals surface area contributed by atoms with Gasteiger partial charge in [-0.1, -0.05) is 19.3 Å². The average Bonchev–Trinajstić information content (AvgIpc) is 2.73. The van der Waals surface area contributed by atoms with Crippen molar-refractivity contribution in [2.75, 3.05) is 6.54 Å². The number of unbranched alkanes of at least 4 members (excludes halogenated alkanes) is 2. The van der Waals surface area contributed by atoms with Crippen molar-refractivity contribution in [2.24, 2.45) is 0 Å². The largest absolute Gasteiger partial charge is 0.287 e. The fourth-order valence-electron chi connectivity index (χ4n) is 2.90. The first-order valence-corrected chi connectivity index (χ1v) is 6.66. The predicted octanol–water partition coefficient (Wildman–Crippen LogP) is 3.20. The Morgan fingerprint density at radius 2 is 2.07 bits per heavy atom. The standard InChI is InChI=1S/C14H23N/c1-2-3-4-5-8-13-9-6-10-14-11-7-12-15(13)14/h13-14H,2-4,6-7,9-12H2,1H3/t13-,14-/m0/s1. The molecule has 2 atom stereocenters. The molecule has 0 saturated carbocycles. The lowest BCUT2D eigenvalue weighted by Gasteiger charge is -2.34. The molecule has 2 fully saturated rings. The Labute approximate surface area is 94.2 Å². The summed E-state index contributed by atoms with van der Waals surface area (Å²) < 4.78 is 0.